The third-order valence-corrected chi connectivity index (χ3v) is 3.66. The summed E-state index contributed by atoms with van der Waals surface area (Å²) >= 11 is 0. The number of carbonyl (C=O) groups excluding carboxylic acids is 1. The van der Waals surface area contributed by atoms with Crippen LogP contribution in [0.3, 0.4) is 0 Å². The normalized spacial score (nSPS) is 22.3. The average molecular weight is 302 g/mol. The first-order chi connectivity index (χ1) is 9.79. The van der Waals surface area contributed by atoms with Crippen LogP contribution in [0, 0.1) is 11.8 Å². The number of nitrogens with zero attached hydrogens (tertiary/aromatic N) is 2. The summed E-state index contributed by atoms with van der Waals surface area (Å²) in [5, 5.41) is 3.29. The minimum atomic E-state index is -4.67. The summed E-state index contributed by atoms with van der Waals surface area (Å²) in [6, 6.07) is 0. The number of aryl methyl sites for hydroxylation is 1. The molecule has 116 valence electrons. The SMILES string of the molecule is CC1CC=CCC1COC(=O)c1cn(C)nc1C(F)(F)F. The molecule has 2 unspecified atom stereocenters. The van der Waals surface area contributed by atoms with Crippen molar-refractivity contribution >= 4 is 5.97 Å². The van der Waals surface area contributed by atoms with Crippen LogP contribution in [0.2, 0.25) is 0 Å². The van der Waals surface area contributed by atoms with Crippen molar-refractivity contribution in [2.75, 3.05) is 6.61 Å². The van der Waals surface area contributed by atoms with Gasteiger partial charge in [-0.25, -0.2) is 4.79 Å². The molecule has 0 saturated carbocycles. The summed E-state index contributed by atoms with van der Waals surface area (Å²) in [5.74, 6) is -0.485. The highest BCUT2D eigenvalue weighted by molar-refractivity contribution is 5.90. The maximum absolute atomic E-state index is 12.8. The van der Waals surface area contributed by atoms with E-state index in [1.165, 1.54) is 7.05 Å². The molecule has 1 aromatic heterocycles. The summed E-state index contributed by atoms with van der Waals surface area (Å²) in [6.07, 6.45) is 2.10. The molecule has 1 aliphatic carbocycles. The third-order valence-electron chi connectivity index (χ3n) is 3.66. The Balaban J connectivity index is 2.05. The van der Waals surface area contributed by atoms with Crippen LogP contribution in [0.4, 0.5) is 13.2 Å². The van der Waals surface area contributed by atoms with Crippen molar-refractivity contribution in [1.29, 1.82) is 0 Å². The lowest BCUT2D eigenvalue weighted by Crippen LogP contribution is -2.22. The number of alkyl halides is 3. The van der Waals surface area contributed by atoms with E-state index in [2.05, 4.69) is 11.2 Å². The lowest BCUT2D eigenvalue weighted by molar-refractivity contribution is -0.142. The molecule has 0 aromatic carbocycles. The second kappa shape index (κ2) is 5.91. The number of rotatable bonds is 3. The van der Waals surface area contributed by atoms with Gasteiger partial charge in [0.1, 0.15) is 5.56 Å². The molecule has 1 heterocycles. The molecule has 1 aliphatic rings. The summed E-state index contributed by atoms with van der Waals surface area (Å²) in [7, 11) is 1.33. The maximum Gasteiger partial charge on any atom is 0.436 e. The Bertz CT molecular complexity index is 549. The summed E-state index contributed by atoms with van der Waals surface area (Å²) in [4.78, 5) is 11.9. The molecule has 2 atom stereocenters. The average Bonchev–Trinajstić information content (AvgIpc) is 2.80. The fourth-order valence-electron chi connectivity index (χ4n) is 2.35. The van der Waals surface area contributed by atoms with Gasteiger partial charge in [0.15, 0.2) is 5.69 Å². The molecule has 0 radical (unpaired) electrons. The van der Waals surface area contributed by atoms with Gasteiger partial charge < -0.3 is 4.74 Å². The summed E-state index contributed by atoms with van der Waals surface area (Å²) in [5.41, 5.74) is -1.74. The first-order valence-electron chi connectivity index (χ1n) is 6.72. The molecule has 1 aromatic rings. The predicted octanol–water partition coefficient (Wildman–Crippen LogP) is 3.20. The van der Waals surface area contributed by atoms with Crippen molar-refractivity contribution in [2.45, 2.75) is 25.9 Å². The van der Waals surface area contributed by atoms with Crippen molar-refractivity contribution in [1.82, 2.24) is 9.78 Å². The van der Waals surface area contributed by atoms with E-state index in [0.717, 1.165) is 23.7 Å². The number of allylic oxidation sites excluding steroid dienone is 2. The zero-order chi connectivity index (χ0) is 15.6. The molecule has 0 N–H and O–H groups in total. The third kappa shape index (κ3) is 3.65. The zero-order valence-electron chi connectivity index (χ0n) is 11.9. The Kier molecular flexibility index (Phi) is 4.39. The van der Waals surface area contributed by atoms with Crippen LogP contribution in [-0.2, 0) is 18.0 Å². The van der Waals surface area contributed by atoms with E-state index in [4.69, 9.17) is 4.74 Å². The minimum Gasteiger partial charge on any atom is -0.462 e. The number of esters is 1. The van der Waals surface area contributed by atoms with E-state index in [-0.39, 0.29) is 12.5 Å². The summed E-state index contributed by atoms with van der Waals surface area (Å²) < 4.78 is 44.4. The lowest BCUT2D eigenvalue weighted by Gasteiger charge is -2.24. The Morgan fingerprint density at radius 3 is 2.71 bits per heavy atom. The number of hydrogen-bond donors (Lipinski definition) is 0. The quantitative estimate of drug-likeness (QED) is 0.636. The van der Waals surface area contributed by atoms with Gasteiger partial charge in [-0.05, 0) is 24.7 Å². The Hall–Kier alpha value is -1.79. The second-order valence-electron chi connectivity index (χ2n) is 5.34. The molecule has 0 bridgehead atoms. The highest BCUT2D eigenvalue weighted by Crippen LogP contribution is 2.31. The Labute approximate surface area is 120 Å². The minimum absolute atomic E-state index is 0.122. The summed E-state index contributed by atoms with van der Waals surface area (Å²) in [6.45, 7) is 2.16. The van der Waals surface area contributed by atoms with E-state index in [0.29, 0.717) is 5.92 Å². The van der Waals surface area contributed by atoms with E-state index < -0.39 is 23.4 Å². The van der Waals surface area contributed by atoms with Crippen LogP contribution in [-0.4, -0.2) is 22.4 Å². The van der Waals surface area contributed by atoms with Crippen molar-refractivity contribution in [3.63, 3.8) is 0 Å². The number of halogens is 3. The molecule has 4 nitrogen and oxygen atoms in total. The van der Waals surface area contributed by atoms with Gasteiger partial charge in [-0.2, -0.15) is 18.3 Å². The molecule has 21 heavy (non-hydrogen) atoms. The van der Waals surface area contributed by atoms with Gasteiger partial charge >= 0.3 is 12.1 Å². The highest BCUT2D eigenvalue weighted by Gasteiger charge is 2.39. The standard InChI is InChI=1S/C14H17F3N2O2/c1-9-5-3-4-6-10(9)8-21-13(20)11-7-19(2)18-12(11)14(15,16)17/h3-4,7,9-10H,5-6,8H2,1-2H3. The van der Waals surface area contributed by atoms with E-state index >= 15 is 0 Å². The molecule has 0 spiro atoms. The highest BCUT2D eigenvalue weighted by atomic mass is 19.4. The fourth-order valence-corrected chi connectivity index (χ4v) is 2.35. The molecule has 7 heteroatoms. The second-order valence-corrected chi connectivity index (χ2v) is 5.34. The Morgan fingerprint density at radius 2 is 2.10 bits per heavy atom. The van der Waals surface area contributed by atoms with E-state index in [9.17, 15) is 18.0 Å². The van der Waals surface area contributed by atoms with Crippen LogP contribution in [0.1, 0.15) is 35.8 Å². The van der Waals surface area contributed by atoms with Gasteiger partial charge in [-0.3, -0.25) is 4.68 Å². The van der Waals surface area contributed by atoms with Crippen molar-refractivity contribution in [3.8, 4) is 0 Å². The molecule has 0 aliphatic heterocycles. The first-order valence-corrected chi connectivity index (χ1v) is 6.72. The predicted molar refractivity (Wildman–Crippen MR) is 69.5 cm³/mol. The van der Waals surface area contributed by atoms with Gasteiger partial charge in [-0.15, -0.1) is 0 Å². The molecule has 2 rings (SSSR count). The largest absolute Gasteiger partial charge is 0.462 e. The van der Waals surface area contributed by atoms with Crippen molar-refractivity contribution < 1.29 is 22.7 Å². The van der Waals surface area contributed by atoms with Crippen LogP contribution < -0.4 is 0 Å². The van der Waals surface area contributed by atoms with E-state index in [1.54, 1.807) is 0 Å². The maximum atomic E-state index is 12.8. The van der Waals surface area contributed by atoms with Gasteiger partial charge in [0, 0.05) is 13.2 Å². The molecule has 0 fully saturated rings. The molecular formula is C14H17F3N2O2. The smallest absolute Gasteiger partial charge is 0.436 e. The van der Waals surface area contributed by atoms with Gasteiger partial charge in [0.2, 0.25) is 0 Å². The van der Waals surface area contributed by atoms with Gasteiger partial charge in [0.05, 0.1) is 6.61 Å². The van der Waals surface area contributed by atoms with Gasteiger partial charge in [-0.1, -0.05) is 19.1 Å². The molecule has 0 amide bonds. The molecule has 0 saturated heterocycles. The van der Waals surface area contributed by atoms with Crippen LogP contribution in [0.5, 0.6) is 0 Å². The fraction of sp³-hybridized carbons (Fsp3) is 0.571. The number of aromatic nitrogens is 2. The first kappa shape index (κ1) is 15.6. The van der Waals surface area contributed by atoms with Crippen LogP contribution in [0.15, 0.2) is 18.3 Å². The number of hydrogen-bond acceptors (Lipinski definition) is 3. The van der Waals surface area contributed by atoms with Crippen molar-refractivity contribution in [2.24, 2.45) is 18.9 Å². The molecular weight excluding hydrogens is 285 g/mol. The van der Waals surface area contributed by atoms with Crippen molar-refractivity contribution in [3.05, 3.63) is 29.6 Å². The number of carbonyl (C=O) groups is 1. The lowest BCUT2D eigenvalue weighted by atomic mass is 9.85. The van der Waals surface area contributed by atoms with Gasteiger partial charge in [0.25, 0.3) is 0 Å². The zero-order valence-corrected chi connectivity index (χ0v) is 11.9. The topological polar surface area (TPSA) is 44.1 Å². The Morgan fingerprint density at radius 1 is 1.43 bits per heavy atom. The van der Waals surface area contributed by atoms with E-state index in [1.807, 2.05) is 13.0 Å². The monoisotopic (exact) mass is 302 g/mol. The van der Waals surface area contributed by atoms with Crippen LogP contribution in [0.25, 0.3) is 0 Å². The van der Waals surface area contributed by atoms with Crippen LogP contribution >= 0.6 is 0 Å². The number of ether oxygens (including phenoxy) is 1.